The molecule has 0 unspecified atom stereocenters. The van der Waals surface area contributed by atoms with Crippen LogP contribution in [0.25, 0.3) is 0 Å². The maximum absolute atomic E-state index is 12.5. The molecule has 0 spiro atoms. The van der Waals surface area contributed by atoms with Crippen molar-refractivity contribution in [3.05, 3.63) is 65.7 Å². The molecule has 0 aliphatic carbocycles. The Balaban J connectivity index is 2.05. The Morgan fingerprint density at radius 1 is 1.08 bits per heavy atom. The summed E-state index contributed by atoms with van der Waals surface area (Å²) in [5.74, 6) is 0.344. The third-order valence-electron chi connectivity index (χ3n) is 4.07. The molecule has 0 aliphatic heterocycles. The number of nitrogens with two attached hydrogens (primary N) is 1. The van der Waals surface area contributed by atoms with Crippen molar-refractivity contribution >= 4 is 11.6 Å². The maximum Gasteiger partial charge on any atom is 0.282 e. The van der Waals surface area contributed by atoms with E-state index in [1.807, 2.05) is 25.1 Å². The Hall–Kier alpha value is -2.64. The fraction of sp³-hybridized carbons (Fsp3) is 0.300. The predicted octanol–water partition coefficient (Wildman–Crippen LogP) is 2.85. The summed E-state index contributed by atoms with van der Waals surface area (Å²) < 4.78 is 0. The third kappa shape index (κ3) is 4.68. The average Bonchev–Trinajstić information content (AvgIpc) is 2.60. The number of carbonyl (C=O) groups excluding carboxylic acids is 1. The van der Waals surface area contributed by atoms with E-state index in [1.165, 1.54) is 5.56 Å². The van der Waals surface area contributed by atoms with Crippen LogP contribution in [-0.4, -0.2) is 11.9 Å². The second-order valence-electron chi connectivity index (χ2n) is 6.34. The van der Waals surface area contributed by atoms with Crippen molar-refractivity contribution in [3.8, 4) is 6.07 Å². The molecule has 0 aromatic heterocycles. The van der Waals surface area contributed by atoms with E-state index in [2.05, 4.69) is 42.7 Å². The molecule has 2 aromatic rings. The molecular formula is C20H24N3O+. The Morgan fingerprint density at radius 2 is 1.79 bits per heavy atom. The van der Waals surface area contributed by atoms with Gasteiger partial charge in [0.2, 0.25) is 0 Å². The number of nitrogens with one attached hydrogen (secondary N) is 1. The molecule has 1 amide bonds. The summed E-state index contributed by atoms with van der Waals surface area (Å²) in [6.07, 6.45) is 0. The third-order valence-corrected chi connectivity index (χ3v) is 4.07. The zero-order valence-electron chi connectivity index (χ0n) is 14.4. The van der Waals surface area contributed by atoms with Crippen molar-refractivity contribution in [1.29, 1.82) is 5.26 Å². The zero-order valence-corrected chi connectivity index (χ0v) is 14.4. The molecule has 4 nitrogen and oxygen atoms in total. The van der Waals surface area contributed by atoms with E-state index in [4.69, 9.17) is 5.26 Å². The molecule has 24 heavy (non-hydrogen) atoms. The second-order valence-corrected chi connectivity index (χ2v) is 6.34. The lowest BCUT2D eigenvalue weighted by Gasteiger charge is -2.23. The summed E-state index contributed by atoms with van der Waals surface area (Å²) >= 11 is 0. The van der Waals surface area contributed by atoms with Crippen LogP contribution in [0.2, 0.25) is 0 Å². The largest absolute Gasteiger partial charge is 0.330 e. The van der Waals surface area contributed by atoms with Crippen molar-refractivity contribution in [2.75, 3.05) is 5.32 Å². The number of benzene rings is 2. The smallest absolute Gasteiger partial charge is 0.282 e. The van der Waals surface area contributed by atoms with E-state index < -0.39 is 0 Å². The molecule has 2 aromatic carbocycles. The molecule has 3 N–H and O–H groups in total. The highest BCUT2D eigenvalue weighted by Gasteiger charge is 2.25. The number of anilines is 1. The minimum Gasteiger partial charge on any atom is -0.330 e. The van der Waals surface area contributed by atoms with Crippen molar-refractivity contribution in [3.63, 3.8) is 0 Å². The van der Waals surface area contributed by atoms with Crippen LogP contribution in [0, 0.1) is 17.2 Å². The lowest BCUT2D eigenvalue weighted by molar-refractivity contribution is -0.718. The fourth-order valence-electron chi connectivity index (χ4n) is 2.71. The van der Waals surface area contributed by atoms with Crippen LogP contribution in [-0.2, 0) is 4.79 Å². The first-order valence-electron chi connectivity index (χ1n) is 8.22. The molecule has 0 aliphatic rings. The van der Waals surface area contributed by atoms with Crippen LogP contribution >= 0.6 is 0 Å². The second kappa shape index (κ2) is 8.28. The molecule has 0 radical (unpaired) electrons. The van der Waals surface area contributed by atoms with Gasteiger partial charge in [0.05, 0.1) is 11.6 Å². The zero-order chi connectivity index (χ0) is 17.5. The number of quaternary nitrogens is 1. The van der Waals surface area contributed by atoms with E-state index in [-0.39, 0.29) is 18.0 Å². The van der Waals surface area contributed by atoms with E-state index in [9.17, 15) is 4.79 Å². The summed E-state index contributed by atoms with van der Waals surface area (Å²) in [5, 5.41) is 13.9. The molecule has 0 fully saturated rings. The summed E-state index contributed by atoms with van der Waals surface area (Å²) in [7, 11) is 0. The van der Waals surface area contributed by atoms with E-state index >= 15 is 0 Å². The SMILES string of the molecule is CC(C)[C@H]([NH2+][C@@H](C)C(=O)Nc1cccc(C#N)c1)c1ccccc1. The molecule has 0 bridgehead atoms. The number of carbonyl (C=O) groups is 1. The Bertz CT molecular complexity index is 719. The van der Waals surface area contributed by atoms with Gasteiger partial charge in [-0.3, -0.25) is 4.79 Å². The first-order chi connectivity index (χ1) is 11.5. The van der Waals surface area contributed by atoms with Gasteiger partial charge in [0.25, 0.3) is 5.91 Å². The molecular weight excluding hydrogens is 298 g/mol. The summed E-state index contributed by atoms with van der Waals surface area (Å²) in [6, 6.07) is 19.3. The van der Waals surface area contributed by atoms with Crippen molar-refractivity contribution < 1.29 is 10.1 Å². The normalized spacial score (nSPS) is 13.1. The van der Waals surface area contributed by atoms with Crippen molar-refractivity contribution in [2.24, 2.45) is 5.92 Å². The van der Waals surface area contributed by atoms with E-state index in [0.29, 0.717) is 17.2 Å². The minimum absolute atomic E-state index is 0.0633. The van der Waals surface area contributed by atoms with Gasteiger partial charge >= 0.3 is 0 Å². The number of hydrogen-bond acceptors (Lipinski definition) is 2. The number of rotatable bonds is 6. The van der Waals surface area contributed by atoms with E-state index in [1.54, 1.807) is 24.3 Å². The summed E-state index contributed by atoms with van der Waals surface area (Å²) in [4.78, 5) is 12.5. The van der Waals surface area contributed by atoms with Gasteiger partial charge in [0.1, 0.15) is 6.04 Å². The number of amides is 1. The molecule has 2 rings (SSSR count). The topological polar surface area (TPSA) is 69.5 Å². The summed E-state index contributed by atoms with van der Waals surface area (Å²) in [6.45, 7) is 6.23. The van der Waals surface area contributed by atoms with Crippen molar-refractivity contribution in [1.82, 2.24) is 0 Å². The quantitative estimate of drug-likeness (QED) is 0.858. The van der Waals surface area contributed by atoms with E-state index in [0.717, 1.165) is 0 Å². The fourth-order valence-corrected chi connectivity index (χ4v) is 2.71. The van der Waals surface area contributed by atoms with Crippen LogP contribution in [0.5, 0.6) is 0 Å². The van der Waals surface area contributed by atoms with Crippen LogP contribution in [0.3, 0.4) is 0 Å². The first-order valence-corrected chi connectivity index (χ1v) is 8.22. The van der Waals surface area contributed by atoms with Gasteiger partial charge in [0.15, 0.2) is 6.04 Å². The van der Waals surface area contributed by atoms with Crippen LogP contribution in [0.1, 0.15) is 37.9 Å². The Morgan fingerprint density at radius 3 is 2.42 bits per heavy atom. The highest BCUT2D eigenvalue weighted by Crippen LogP contribution is 2.17. The molecule has 0 saturated carbocycles. The molecule has 0 heterocycles. The monoisotopic (exact) mass is 322 g/mol. The first kappa shape index (κ1) is 17.7. The number of nitrogens with zero attached hydrogens (tertiary/aromatic N) is 1. The van der Waals surface area contributed by atoms with Crippen LogP contribution in [0.15, 0.2) is 54.6 Å². The Kier molecular flexibility index (Phi) is 6.11. The van der Waals surface area contributed by atoms with Gasteiger partial charge in [-0.15, -0.1) is 0 Å². The number of nitriles is 1. The van der Waals surface area contributed by atoms with Gasteiger partial charge in [-0.2, -0.15) is 5.26 Å². The molecule has 4 heteroatoms. The van der Waals surface area contributed by atoms with Gasteiger partial charge in [-0.1, -0.05) is 50.2 Å². The lowest BCUT2D eigenvalue weighted by Crippen LogP contribution is -2.93. The molecule has 124 valence electrons. The lowest BCUT2D eigenvalue weighted by atomic mass is 9.95. The standard InChI is InChI=1S/C20H23N3O/c1-14(2)19(17-9-5-4-6-10-17)22-15(3)20(24)23-18-11-7-8-16(12-18)13-21/h4-12,14-15,19,22H,1-3H3,(H,23,24)/p+1/t15-,19-/m0/s1. The minimum atomic E-state index is -0.233. The van der Waals surface area contributed by atoms with Gasteiger partial charge in [0, 0.05) is 17.2 Å². The van der Waals surface area contributed by atoms with Gasteiger partial charge in [-0.05, 0) is 25.1 Å². The number of hydrogen-bond donors (Lipinski definition) is 2. The highest BCUT2D eigenvalue weighted by atomic mass is 16.2. The summed E-state index contributed by atoms with van der Waals surface area (Å²) in [5.41, 5.74) is 2.41. The van der Waals surface area contributed by atoms with Gasteiger partial charge < -0.3 is 10.6 Å². The van der Waals surface area contributed by atoms with Crippen LogP contribution < -0.4 is 10.6 Å². The van der Waals surface area contributed by atoms with Crippen LogP contribution in [0.4, 0.5) is 5.69 Å². The van der Waals surface area contributed by atoms with Gasteiger partial charge in [-0.25, -0.2) is 0 Å². The van der Waals surface area contributed by atoms with Crippen molar-refractivity contribution in [2.45, 2.75) is 32.9 Å². The molecule has 0 saturated heterocycles. The highest BCUT2D eigenvalue weighted by molar-refractivity contribution is 5.93. The Labute approximate surface area is 143 Å². The average molecular weight is 322 g/mol. The molecule has 2 atom stereocenters. The predicted molar refractivity (Wildman–Crippen MR) is 95.2 cm³/mol. The maximum atomic E-state index is 12.5.